The summed E-state index contributed by atoms with van der Waals surface area (Å²) in [7, 11) is 4.40. The first kappa shape index (κ1) is 11.0. The second-order valence-electron chi connectivity index (χ2n) is 4.87. The van der Waals surface area contributed by atoms with E-state index in [1.165, 1.54) is 25.9 Å². The quantitative estimate of drug-likeness (QED) is 0.713. The van der Waals surface area contributed by atoms with Crippen LogP contribution in [0.25, 0.3) is 0 Å². The molecular formula is C11H24N2. The minimum atomic E-state index is 0.755. The molecule has 1 rings (SSSR count). The standard InChI is InChI=1S/C11H24N2/c1-9(2)11(13(3)4)7-10-5-6-12-8-10/h9-12H,5-8H2,1-4H3. The Labute approximate surface area is 82.7 Å². The Kier molecular flexibility index (Phi) is 4.20. The lowest BCUT2D eigenvalue weighted by Crippen LogP contribution is -2.35. The van der Waals surface area contributed by atoms with Gasteiger partial charge in [0.15, 0.2) is 0 Å². The van der Waals surface area contributed by atoms with Gasteiger partial charge in [-0.3, -0.25) is 0 Å². The van der Waals surface area contributed by atoms with Crippen molar-refractivity contribution in [2.75, 3.05) is 27.2 Å². The van der Waals surface area contributed by atoms with Crippen molar-refractivity contribution in [2.45, 2.75) is 32.7 Å². The lowest BCUT2D eigenvalue weighted by molar-refractivity contribution is 0.195. The van der Waals surface area contributed by atoms with Crippen LogP contribution in [0.1, 0.15) is 26.7 Å². The van der Waals surface area contributed by atoms with Gasteiger partial charge in [0, 0.05) is 6.04 Å². The monoisotopic (exact) mass is 184 g/mol. The molecule has 2 unspecified atom stereocenters. The fraction of sp³-hybridized carbons (Fsp3) is 1.00. The lowest BCUT2D eigenvalue weighted by Gasteiger charge is -2.30. The third-order valence-electron chi connectivity index (χ3n) is 3.17. The van der Waals surface area contributed by atoms with E-state index < -0.39 is 0 Å². The first-order chi connectivity index (χ1) is 6.11. The summed E-state index contributed by atoms with van der Waals surface area (Å²) in [5, 5.41) is 3.44. The zero-order valence-corrected chi connectivity index (χ0v) is 9.51. The molecule has 1 fully saturated rings. The molecule has 1 aliphatic heterocycles. The van der Waals surface area contributed by atoms with E-state index in [0.717, 1.165) is 17.9 Å². The van der Waals surface area contributed by atoms with Crippen molar-refractivity contribution in [1.29, 1.82) is 0 Å². The van der Waals surface area contributed by atoms with Crippen LogP contribution in [0.3, 0.4) is 0 Å². The van der Waals surface area contributed by atoms with E-state index >= 15 is 0 Å². The first-order valence-electron chi connectivity index (χ1n) is 5.48. The molecule has 2 heteroatoms. The van der Waals surface area contributed by atoms with E-state index in [-0.39, 0.29) is 0 Å². The van der Waals surface area contributed by atoms with Crippen LogP contribution in [0.5, 0.6) is 0 Å². The van der Waals surface area contributed by atoms with Gasteiger partial charge >= 0.3 is 0 Å². The van der Waals surface area contributed by atoms with Crippen LogP contribution in [0.4, 0.5) is 0 Å². The molecule has 0 aromatic heterocycles. The summed E-state index contributed by atoms with van der Waals surface area (Å²) in [6, 6.07) is 0.755. The van der Waals surface area contributed by atoms with Gasteiger partial charge in [-0.05, 0) is 51.9 Å². The molecule has 0 bridgehead atoms. The number of rotatable bonds is 4. The average molecular weight is 184 g/mol. The molecule has 2 nitrogen and oxygen atoms in total. The predicted octanol–water partition coefficient (Wildman–Crippen LogP) is 1.57. The largest absolute Gasteiger partial charge is 0.316 e. The van der Waals surface area contributed by atoms with Gasteiger partial charge in [0.05, 0.1) is 0 Å². The third-order valence-corrected chi connectivity index (χ3v) is 3.17. The van der Waals surface area contributed by atoms with Crippen LogP contribution < -0.4 is 5.32 Å². The van der Waals surface area contributed by atoms with Crippen molar-refractivity contribution in [2.24, 2.45) is 11.8 Å². The molecule has 0 amide bonds. The fourth-order valence-corrected chi connectivity index (χ4v) is 2.34. The molecule has 1 saturated heterocycles. The summed E-state index contributed by atoms with van der Waals surface area (Å²) in [5.74, 6) is 1.69. The molecule has 0 aromatic rings. The molecule has 0 aromatic carbocycles. The Hall–Kier alpha value is -0.0800. The number of hydrogen-bond donors (Lipinski definition) is 1. The molecule has 1 heterocycles. The van der Waals surface area contributed by atoms with Gasteiger partial charge in [-0.15, -0.1) is 0 Å². The van der Waals surface area contributed by atoms with Gasteiger partial charge in [0.2, 0.25) is 0 Å². The van der Waals surface area contributed by atoms with Gasteiger partial charge in [-0.2, -0.15) is 0 Å². The van der Waals surface area contributed by atoms with E-state index in [1.807, 2.05) is 0 Å². The summed E-state index contributed by atoms with van der Waals surface area (Å²) in [4.78, 5) is 2.38. The molecule has 78 valence electrons. The van der Waals surface area contributed by atoms with Crippen molar-refractivity contribution >= 4 is 0 Å². The van der Waals surface area contributed by atoms with E-state index in [0.29, 0.717) is 0 Å². The van der Waals surface area contributed by atoms with Crippen molar-refractivity contribution in [3.8, 4) is 0 Å². The number of nitrogens with zero attached hydrogens (tertiary/aromatic N) is 1. The highest BCUT2D eigenvalue weighted by molar-refractivity contribution is 4.79. The highest BCUT2D eigenvalue weighted by Crippen LogP contribution is 2.21. The molecule has 1 N–H and O–H groups in total. The first-order valence-corrected chi connectivity index (χ1v) is 5.48. The van der Waals surface area contributed by atoms with E-state index in [1.54, 1.807) is 0 Å². The summed E-state index contributed by atoms with van der Waals surface area (Å²) in [5.41, 5.74) is 0. The molecule has 2 atom stereocenters. The van der Waals surface area contributed by atoms with Crippen molar-refractivity contribution in [3.63, 3.8) is 0 Å². The number of hydrogen-bond acceptors (Lipinski definition) is 2. The maximum absolute atomic E-state index is 3.44. The van der Waals surface area contributed by atoms with Crippen LogP contribution in [-0.2, 0) is 0 Å². The zero-order chi connectivity index (χ0) is 9.84. The minimum Gasteiger partial charge on any atom is -0.316 e. The Morgan fingerprint density at radius 3 is 2.46 bits per heavy atom. The average Bonchev–Trinajstić information content (AvgIpc) is 2.50. The van der Waals surface area contributed by atoms with Crippen LogP contribution in [0, 0.1) is 11.8 Å². The maximum Gasteiger partial charge on any atom is 0.0115 e. The SMILES string of the molecule is CC(C)C(CC1CCNC1)N(C)C. The van der Waals surface area contributed by atoms with E-state index in [9.17, 15) is 0 Å². The Bertz CT molecular complexity index is 129. The smallest absolute Gasteiger partial charge is 0.0115 e. The molecule has 0 spiro atoms. The van der Waals surface area contributed by atoms with Crippen LogP contribution in [0.2, 0.25) is 0 Å². The minimum absolute atomic E-state index is 0.755. The van der Waals surface area contributed by atoms with Gasteiger partial charge in [0.25, 0.3) is 0 Å². The Morgan fingerprint density at radius 1 is 1.38 bits per heavy atom. The molecule has 0 aliphatic carbocycles. The van der Waals surface area contributed by atoms with Crippen LogP contribution in [-0.4, -0.2) is 38.1 Å². The molecular weight excluding hydrogens is 160 g/mol. The van der Waals surface area contributed by atoms with Crippen LogP contribution in [0.15, 0.2) is 0 Å². The Morgan fingerprint density at radius 2 is 2.08 bits per heavy atom. The number of nitrogens with one attached hydrogen (secondary N) is 1. The van der Waals surface area contributed by atoms with Crippen molar-refractivity contribution < 1.29 is 0 Å². The molecule has 13 heavy (non-hydrogen) atoms. The summed E-state index contributed by atoms with van der Waals surface area (Å²) in [6.45, 7) is 7.11. The van der Waals surface area contributed by atoms with Gasteiger partial charge in [-0.1, -0.05) is 13.8 Å². The third kappa shape index (κ3) is 3.28. The van der Waals surface area contributed by atoms with E-state index in [2.05, 4.69) is 38.2 Å². The van der Waals surface area contributed by atoms with Crippen LogP contribution >= 0.6 is 0 Å². The summed E-state index contributed by atoms with van der Waals surface area (Å²) < 4.78 is 0. The van der Waals surface area contributed by atoms with Gasteiger partial charge in [0.1, 0.15) is 0 Å². The Balaban J connectivity index is 2.37. The van der Waals surface area contributed by atoms with E-state index in [4.69, 9.17) is 0 Å². The topological polar surface area (TPSA) is 15.3 Å². The molecule has 0 saturated carbocycles. The van der Waals surface area contributed by atoms with Gasteiger partial charge in [-0.25, -0.2) is 0 Å². The summed E-state index contributed by atoms with van der Waals surface area (Å²) in [6.07, 6.45) is 2.73. The fourth-order valence-electron chi connectivity index (χ4n) is 2.34. The molecule has 0 radical (unpaired) electrons. The maximum atomic E-state index is 3.44. The highest BCUT2D eigenvalue weighted by atomic mass is 15.1. The predicted molar refractivity (Wildman–Crippen MR) is 57.9 cm³/mol. The second-order valence-corrected chi connectivity index (χ2v) is 4.87. The lowest BCUT2D eigenvalue weighted by atomic mass is 9.91. The highest BCUT2D eigenvalue weighted by Gasteiger charge is 2.23. The van der Waals surface area contributed by atoms with Gasteiger partial charge < -0.3 is 10.2 Å². The van der Waals surface area contributed by atoms with Crippen molar-refractivity contribution in [1.82, 2.24) is 10.2 Å². The second kappa shape index (κ2) is 4.97. The molecule has 1 aliphatic rings. The zero-order valence-electron chi connectivity index (χ0n) is 9.51. The van der Waals surface area contributed by atoms with Crippen molar-refractivity contribution in [3.05, 3.63) is 0 Å². The normalized spacial score (nSPS) is 25.8. The summed E-state index contributed by atoms with van der Waals surface area (Å²) >= 11 is 0.